The summed E-state index contributed by atoms with van der Waals surface area (Å²) in [4.78, 5) is 51.3. The Kier molecular flexibility index (Phi) is 6.48. The number of amides is 3. The van der Waals surface area contributed by atoms with Crippen LogP contribution in [0, 0.1) is 11.8 Å². The Morgan fingerprint density at radius 3 is 2.19 bits per heavy atom. The Morgan fingerprint density at radius 1 is 0.938 bits per heavy atom. The van der Waals surface area contributed by atoms with E-state index in [9.17, 15) is 19.2 Å². The predicted molar refractivity (Wildman–Crippen MR) is 120 cm³/mol. The van der Waals surface area contributed by atoms with Crippen LogP contribution in [0.15, 0.2) is 54.6 Å². The Labute approximate surface area is 194 Å². The number of halogens is 2. The summed E-state index contributed by atoms with van der Waals surface area (Å²) in [5, 5.41) is 1.86. The van der Waals surface area contributed by atoms with E-state index in [-0.39, 0.29) is 33.8 Å². The fraction of sp³-hybridized carbons (Fsp3) is 0.304. The molecule has 2 aromatic carbocycles. The molecule has 2 aromatic rings. The zero-order chi connectivity index (χ0) is 22.8. The van der Waals surface area contributed by atoms with E-state index in [1.54, 1.807) is 36.4 Å². The van der Waals surface area contributed by atoms with Crippen molar-refractivity contribution in [2.75, 3.05) is 16.8 Å². The summed E-state index contributed by atoms with van der Waals surface area (Å²) in [6.45, 7) is -0.474. The lowest BCUT2D eigenvalue weighted by Gasteiger charge is -2.28. The lowest BCUT2D eigenvalue weighted by Crippen LogP contribution is -2.34. The molecule has 2 fully saturated rings. The van der Waals surface area contributed by atoms with Gasteiger partial charge in [-0.15, -0.1) is 23.2 Å². The van der Waals surface area contributed by atoms with Gasteiger partial charge in [-0.1, -0.05) is 24.3 Å². The van der Waals surface area contributed by atoms with E-state index in [0.29, 0.717) is 18.5 Å². The molecule has 9 heteroatoms. The molecule has 1 saturated carbocycles. The fourth-order valence-electron chi connectivity index (χ4n) is 4.05. The number of nitrogens with zero attached hydrogens (tertiary/aromatic N) is 1. The molecule has 4 rings (SSSR count). The lowest BCUT2D eigenvalue weighted by molar-refractivity contribution is -0.122. The number of esters is 1. The zero-order valence-electron chi connectivity index (χ0n) is 16.9. The first kappa shape index (κ1) is 22.3. The van der Waals surface area contributed by atoms with Gasteiger partial charge in [0.05, 0.1) is 33.8 Å². The molecule has 0 bridgehead atoms. The molecule has 1 aliphatic carbocycles. The molecule has 0 radical (unpaired) electrons. The number of ether oxygens (including phenoxy) is 1. The first-order valence-electron chi connectivity index (χ1n) is 10.1. The van der Waals surface area contributed by atoms with Gasteiger partial charge < -0.3 is 10.1 Å². The molecular weight excluding hydrogens is 455 g/mol. The standard InChI is InChI=1S/C23H20Cl2N2O5/c24-18-10-16-17(11-19(18)25)22(30)27(21(16)29)15-8-4-5-13(9-15)23(31)32-12-20(28)26-14-6-2-1-3-7-14/h1-9,16-19H,10-12H2,(H,26,28)/t16-,17+,18-,19-/m0/s1. The SMILES string of the molecule is O=C(COC(=O)c1cccc(N2C(=O)[C@H]3C[C@H](Cl)[C@@H](Cl)C[C@H]3C2=O)c1)Nc1ccccc1. The predicted octanol–water partition coefficient (Wildman–Crippen LogP) is 3.60. The van der Waals surface area contributed by atoms with Gasteiger partial charge in [0, 0.05) is 5.69 Å². The molecule has 1 saturated heterocycles. The zero-order valence-corrected chi connectivity index (χ0v) is 18.4. The van der Waals surface area contributed by atoms with Crippen molar-refractivity contribution >= 4 is 58.3 Å². The minimum atomic E-state index is -0.742. The van der Waals surface area contributed by atoms with Crippen molar-refractivity contribution in [1.29, 1.82) is 0 Å². The van der Waals surface area contributed by atoms with Gasteiger partial charge in [-0.25, -0.2) is 4.79 Å². The lowest BCUT2D eigenvalue weighted by atomic mass is 9.80. The van der Waals surface area contributed by atoms with Crippen LogP contribution in [-0.4, -0.2) is 41.1 Å². The maximum Gasteiger partial charge on any atom is 0.338 e. The van der Waals surface area contributed by atoms with E-state index in [1.165, 1.54) is 12.1 Å². The number of carbonyl (C=O) groups is 4. The fourth-order valence-corrected chi connectivity index (χ4v) is 4.64. The Balaban J connectivity index is 1.43. The maximum absolute atomic E-state index is 12.9. The van der Waals surface area contributed by atoms with Crippen molar-refractivity contribution in [3.05, 3.63) is 60.2 Å². The molecule has 0 spiro atoms. The minimum Gasteiger partial charge on any atom is -0.452 e. The van der Waals surface area contributed by atoms with Gasteiger partial charge in [-0.3, -0.25) is 19.3 Å². The van der Waals surface area contributed by atoms with Crippen LogP contribution in [0.25, 0.3) is 0 Å². The van der Waals surface area contributed by atoms with Crippen molar-refractivity contribution in [1.82, 2.24) is 0 Å². The van der Waals surface area contributed by atoms with Crippen LogP contribution >= 0.6 is 23.2 Å². The van der Waals surface area contributed by atoms with Crippen molar-refractivity contribution < 1.29 is 23.9 Å². The summed E-state index contributed by atoms with van der Waals surface area (Å²) in [6, 6.07) is 14.8. The number of anilines is 2. The van der Waals surface area contributed by atoms with Crippen LogP contribution < -0.4 is 10.2 Å². The minimum absolute atomic E-state index is 0.121. The smallest absolute Gasteiger partial charge is 0.338 e. The number of fused-ring (bicyclic) bond motifs is 1. The second-order valence-corrected chi connectivity index (χ2v) is 8.89. The Morgan fingerprint density at radius 2 is 1.56 bits per heavy atom. The Bertz CT molecular complexity index is 1030. The normalized spacial score (nSPS) is 24.8. The van der Waals surface area contributed by atoms with Gasteiger partial charge in [-0.2, -0.15) is 0 Å². The Hall–Kier alpha value is -2.90. The number of carbonyl (C=O) groups excluding carboxylic acids is 4. The maximum atomic E-state index is 12.9. The average Bonchev–Trinajstić information content (AvgIpc) is 3.02. The quantitative estimate of drug-likeness (QED) is 0.406. The summed E-state index contributed by atoms with van der Waals surface area (Å²) in [5.41, 5.74) is 0.979. The van der Waals surface area contributed by atoms with Crippen molar-refractivity contribution in [2.45, 2.75) is 23.6 Å². The van der Waals surface area contributed by atoms with E-state index in [0.717, 1.165) is 4.90 Å². The third-order valence-electron chi connectivity index (χ3n) is 5.64. The molecule has 0 unspecified atom stereocenters. The molecule has 1 N–H and O–H groups in total. The van der Waals surface area contributed by atoms with Gasteiger partial charge in [0.25, 0.3) is 5.91 Å². The highest BCUT2D eigenvalue weighted by Gasteiger charge is 2.52. The van der Waals surface area contributed by atoms with Crippen LogP contribution in [-0.2, 0) is 19.1 Å². The topological polar surface area (TPSA) is 92.8 Å². The third-order valence-corrected chi connectivity index (χ3v) is 6.74. The number of hydrogen-bond donors (Lipinski definition) is 1. The number of para-hydroxylation sites is 1. The number of imide groups is 1. The van der Waals surface area contributed by atoms with Crippen LogP contribution in [0.4, 0.5) is 11.4 Å². The number of hydrogen-bond acceptors (Lipinski definition) is 5. The van der Waals surface area contributed by atoms with Crippen LogP contribution in [0.5, 0.6) is 0 Å². The van der Waals surface area contributed by atoms with Crippen LogP contribution in [0.3, 0.4) is 0 Å². The third kappa shape index (κ3) is 4.49. The number of alkyl halides is 2. The molecular formula is C23H20Cl2N2O5. The summed E-state index contributed by atoms with van der Waals surface area (Å²) in [6.07, 6.45) is 0.666. The molecule has 7 nitrogen and oxygen atoms in total. The van der Waals surface area contributed by atoms with Gasteiger partial charge in [0.2, 0.25) is 11.8 Å². The summed E-state index contributed by atoms with van der Waals surface area (Å²) in [7, 11) is 0. The monoisotopic (exact) mass is 474 g/mol. The molecule has 2 aliphatic rings. The number of rotatable bonds is 5. The van der Waals surface area contributed by atoms with Crippen molar-refractivity contribution in [2.24, 2.45) is 11.8 Å². The first-order valence-corrected chi connectivity index (χ1v) is 11.0. The van der Waals surface area contributed by atoms with E-state index in [2.05, 4.69) is 5.32 Å². The van der Waals surface area contributed by atoms with E-state index < -0.39 is 30.3 Å². The van der Waals surface area contributed by atoms with Gasteiger partial charge in [0.1, 0.15) is 0 Å². The summed E-state index contributed by atoms with van der Waals surface area (Å²) >= 11 is 12.4. The highest BCUT2D eigenvalue weighted by Crippen LogP contribution is 2.43. The molecule has 1 aliphatic heterocycles. The van der Waals surface area contributed by atoms with Gasteiger partial charge >= 0.3 is 5.97 Å². The van der Waals surface area contributed by atoms with Crippen LogP contribution in [0.2, 0.25) is 0 Å². The second kappa shape index (κ2) is 9.30. The van der Waals surface area contributed by atoms with E-state index in [4.69, 9.17) is 27.9 Å². The summed E-state index contributed by atoms with van der Waals surface area (Å²) in [5.74, 6) is -2.95. The van der Waals surface area contributed by atoms with E-state index in [1.807, 2.05) is 6.07 Å². The molecule has 4 atom stereocenters. The van der Waals surface area contributed by atoms with Crippen LogP contribution in [0.1, 0.15) is 23.2 Å². The average molecular weight is 475 g/mol. The number of nitrogens with one attached hydrogen (secondary N) is 1. The molecule has 166 valence electrons. The summed E-state index contributed by atoms with van der Waals surface area (Å²) < 4.78 is 5.08. The van der Waals surface area contributed by atoms with Crippen molar-refractivity contribution in [3.63, 3.8) is 0 Å². The molecule has 32 heavy (non-hydrogen) atoms. The molecule has 3 amide bonds. The highest BCUT2D eigenvalue weighted by molar-refractivity contribution is 6.31. The highest BCUT2D eigenvalue weighted by atomic mass is 35.5. The van der Waals surface area contributed by atoms with Gasteiger partial charge in [-0.05, 0) is 43.2 Å². The molecule has 1 heterocycles. The largest absolute Gasteiger partial charge is 0.452 e. The molecule has 0 aromatic heterocycles. The van der Waals surface area contributed by atoms with E-state index >= 15 is 0 Å². The first-order chi connectivity index (χ1) is 15.3. The van der Waals surface area contributed by atoms with Gasteiger partial charge in [0.15, 0.2) is 6.61 Å². The number of benzene rings is 2. The van der Waals surface area contributed by atoms with Crippen molar-refractivity contribution in [3.8, 4) is 0 Å². The second-order valence-electron chi connectivity index (χ2n) is 7.77.